The Hall–Kier alpha value is -3.88. The molecular weight excluding hydrogens is 591 g/mol. The molecule has 5 heterocycles. The fraction of sp³-hybridized carbons (Fsp3) is 0.516. The average Bonchev–Trinajstić information content (AvgIpc) is 3.33. The second kappa shape index (κ2) is 11.2. The Balaban J connectivity index is 1.27. The summed E-state index contributed by atoms with van der Waals surface area (Å²) in [4.78, 5) is 50.2. The van der Waals surface area contributed by atoms with Gasteiger partial charge in [0, 0.05) is 55.0 Å². The maximum Gasteiger partial charge on any atom is 0.433 e. The van der Waals surface area contributed by atoms with Gasteiger partial charge in [-0.25, -0.2) is 4.98 Å². The van der Waals surface area contributed by atoms with Crippen LogP contribution >= 0.6 is 0 Å². The monoisotopic (exact) mass is 627 g/mol. The van der Waals surface area contributed by atoms with Crippen LogP contribution in [-0.4, -0.2) is 75.7 Å². The van der Waals surface area contributed by atoms with E-state index in [1.165, 1.54) is 13.0 Å². The lowest BCUT2D eigenvalue weighted by atomic mass is 10.00. The van der Waals surface area contributed by atoms with Crippen LogP contribution in [0.15, 0.2) is 24.4 Å². The van der Waals surface area contributed by atoms with Crippen molar-refractivity contribution in [3.05, 3.63) is 52.6 Å². The molecule has 6 rings (SSSR count). The van der Waals surface area contributed by atoms with E-state index in [1.807, 2.05) is 19.9 Å². The summed E-state index contributed by atoms with van der Waals surface area (Å²) in [6.45, 7) is 8.00. The number of hydrogen-bond acceptors (Lipinski definition) is 8. The number of amides is 2. The molecule has 3 aromatic heterocycles. The third-order valence-electron chi connectivity index (χ3n) is 9.34. The molecule has 14 heteroatoms. The molecule has 11 nitrogen and oxygen atoms in total. The van der Waals surface area contributed by atoms with E-state index in [4.69, 9.17) is 9.72 Å². The van der Waals surface area contributed by atoms with Crippen LogP contribution in [0.4, 0.5) is 19.0 Å². The molecule has 3 fully saturated rings. The van der Waals surface area contributed by atoms with Gasteiger partial charge >= 0.3 is 6.18 Å². The molecule has 1 aliphatic carbocycles. The third-order valence-corrected chi connectivity index (χ3v) is 9.34. The molecule has 3 aliphatic rings. The van der Waals surface area contributed by atoms with Crippen LogP contribution in [-0.2, 0) is 27.0 Å². The quantitative estimate of drug-likeness (QED) is 0.340. The predicted octanol–water partition coefficient (Wildman–Crippen LogP) is 3.49. The number of nitrogens with zero attached hydrogens (tertiary/aromatic N) is 4. The van der Waals surface area contributed by atoms with E-state index in [9.17, 15) is 27.6 Å². The topological polar surface area (TPSA) is 130 Å². The number of ketones is 1. The molecule has 0 bridgehead atoms. The average molecular weight is 628 g/mol. The SMILES string of the molecule is COC1NCC(c2cc3c(C(C)=O)cn(CC(=O)N4[C@H](C(=O)Nc5nc(C(F)(F)F)ccc5C)C[C@@]5(C)C[C@@H]45)c3c(C)n2)CN1. The molecule has 1 saturated carbocycles. The van der Waals surface area contributed by atoms with Crippen LogP contribution < -0.4 is 16.0 Å². The Kier molecular flexibility index (Phi) is 7.73. The van der Waals surface area contributed by atoms with Crippen molar-refractivity contribution in [1.82, 2.24) is 30.1 Å². The predicted molar refractivity (Wildman–Crippen MR) is 158 cm³/mol. The van der Waals surface area contributed by atoms with E-state index >= 15 is 0 Å². The number of Topliss-reactive ketones (excluding diaryl/α,β-unsaturated/α-hetero) is 1. The first-order valence-corrected chi connectivity index (χ1v) is 14.9. The van der Waals surface area contributed by atoms with Crippen molar-refractivity contribution >= 4 is 34.3 Å². The molecular formula is C31H36F3N7O4. The lowest BCUT2D eigenvalue weighted by Gasteiger charge is -2.30. The van der Waals surface area contributed by atoms with Gasteiger partial charge in [-0.1, -0.05) is 13.0 Å². The van der Waals surface area contributed by atoms with Gasteiger partial charge in [0.1, 0.15) is 24.1 Å². The summed E-state index contributed by atoms with van der Waals surface area (Å²) in [6, 6.07) is 2.97. The summed E-state index contributed by atoms with van der Waals surface area (Å²) in [5.41, 5.74) is 1.60. The number of carbonyl (C=O) groups is 3. The van der Waals surface area contributed by atoms with Crippen molar-refractivity contribution in [2.45, 2.75) is 77.6 Å². The lowest BCUT2D eigenvalue weighted by molar-refractivity contribution is -0.141. The number of pyridine rings is 2. The van der Waals surface area contributed by atoms with Gasteiger partial charge in [-0.05, 0) is 56.7 Å². The van der Waals surface area contributed by atoms with E-state index < -0.39 is 23.8 Å². The summed E-state index contributed by atoms with van der Waals surface area (Å²) in [6.07, 6.45) is -2.14. The van der Waals surface area contributed by atoms with Crippen LogP contribution in [0.25, 0.3) is 10.9 Å². The molecule has 3 aromatic rings. The minimum absolute atomic E-state index is 0.0376. The van der Waals surface area contributed by atoms with Crippen LogP contribution in [0.5, 0.6) is 0 Å². The van der Waals surface area contributed by atoms with Gasteiger partial charge in [-0.15, -0.1) is 0 Å². The summed E-state index contributed by atoms with van der Waals surface area (Å²) >= 11 is 0. The smallest absolute Gasteiger partial charge is 0.353 e. The van der Waals surface area contributed by atoms with Crippen molar-refractivity contribution in [3.63, 3.8) is 0 Å². The van der Waals surface area contributed by atoms with E-state index in [-0.39, 0.29) is 47.8 Å². The zero-order chi connectivity index (χ0) is 32.4. The van der Waals surface area contributed by atoms with Crippen molar-refractivity contribution in [1.29, 1.82) is 0 Å². The van der Waals surface area contributed by atoms with Crippen molar-refractivity contribution in [2.75, 3.05) is 25.5 Å². The third kappa shape index (κ3) is 5.70. The number of methoxy groups -OCH3 is 1. The standard InChI is InChI=1S/C31H36F3N7O4/c1-15-6-7-23(31(32,33)34)38-27(15)39-28(44)22-9-30(4)10-24(30)41(22)25(43)14-40-13-20(17(3)42)19-8-21(37-16(2)26(19)40)18-11-35-29(45-5)36-12-18/h6-8,13,18,22,24,29,35-36H,9-12,14H2,1-5H3,(H,38,39,44)/t18?,22-,24+,29?,30-/m0/s1. The van der Waals surface area contributed by atoms with Crippen molar-refractivity contribution in [3.8, 4) is 0 Å². The molecule has 0 spiro atoms. The van der Waals surface area contributed by atoms with Crippen LogP contribution in [0.1, 0.15) is 65.6 Å². The number of halogens is 3. The zero-order valence-corrected chi connectivity index (χ0v) is 25.7. The normalized spacial score (nSPS) is 26.2. The summed E-state index contributed by atoms with van der Waals surface area (Å²) in [5, 5.41) is 9.76. The van der Waals surface area contributed by atoms with Gasteiger partial charge in [0.15, 0.2) is 12.1 Å². The lowest BCUT2D eigenvalue weighted by Crippen LogP contribution is -2.52. The number of ether oxygens (including phenoxy) is 1. The molecule has 2 saturated heterocycles. The first-order chi connectivity index (χ1) is 21.2. The molecule has 0 unspecified atom stereocenters. The second-order valence-electron chi connectivity index (χ2n) is 12.6. The molecule has 45 heavy (non-hydrogen) atoms. The van der Waals surface area contributed by atoms with Gasteiger partial charge in [0.05, 0.1) is 11.2 Å². The van der Waals surface area contributed by atoms with E-state index in [0.717, 1.165) is 18.2 Å². The highest BCUT2D eigenvalue weighted by Crippen LogP contribution is 2.59. The van der Waals surface area contributed by atoms with Crippen LogP contribution in [0.3, 0.4) is 0 Å². The number of aromatic nitrogens is 3. The fourth-order valence-electron chi connectivity index (χ4n) is 6.78. The van der Waals surface area contributed by atoms with Gasteiger partial charge in [-0.3, -0.25) is 30.0 Å². The molecule has 240 valence electrons. The summed E-state index contributed by atoms with van der Waals surface area (Å²) < 4.78 is 46.9. The number of alkyl halides is 3. The van der Waals surface area contributed by atoms with E-state index in [0.29, 0.717) is 47.2 Å². The van der Waals surface area contributed by atoms with E-state index in [1.54, 1.807) is 29.7 Å². The Bertz CT molecular complexity index is 1700. The van der Waals surface area contributed by atoms with Crippen molar-refractivity contribution < 1.29 is 32.3 Å². The Morgan fingerprint density at radius 2 is 1.84 bits per heavy atom. The highest BCUT2D eigenvalue weighted by molar-refractivity contribution is 6.08. The zero-order valence-electron chi connectivity index (χ0n) is 25.7. The number of nitrogens with one attached hydrogen (secondary N) is 3. The summed E-state index contributed by atoms with van der Waals surface area (Å²) in [7, 11) is 1.61. The molecule has 0 radical (unpaired) electrons. The molecule has 2 amide bonds. The second-order valence-corrected chi connectivity index (χ2v) is 12.6. The first kappa shape index (κ1) is 31.1. The first-order valence-electron chi connectivity index (χ1n) is 14.9. The number of likely N-dealkylation sites (tertiary alicyclic amines) is 1. The minimum atomic E-state index is -4.67. The Morgan fingerprint density at radius 1 is 1.13 bits per heavy atom. The highest BCUT2D eigenvalue weighted by Gasteiger charge is 2.64. The number of aryl methyl sites for hydroxylation is 2. The minimum Gasteiger partial charge on any atom is -0.353 e. The van der Waals surface area contributed by atoms with Crippen molar-refractivity contribution in [2.24, 2.45) is 5.41 Å². The fourth-order valence-corrected chi connectivity index (χ4v) is 6.78. The largest absolute Gasteiger partial charge is 0.433 e. The van der Waals surface area contributed by atoms with Gasteiger partial charge in [-0.2, -0.15) is 13.2 Å². The number of hydrogen-bond donors (Lipinski definition) is 3. The number of fused-ring (bicyclic) bond motifs is 2. The maximum atomic E-state index is 13.9. The highest BCUT2D eigenvalue weighted by atomic mass is 19.4. The van der Waals surface area contributed by atoms with Gasteiger partial charge in [0.25, 0.3) is 0 Å². The molecule has 3 atom stereocenters. The van der Waals surface area contributed by atoms with Crippen LogP contribution in [0.2, 0.25) is 0 Å². The molecule has 2 aliphatic heterocycles. The van der Waals surface area contributed by atoms with E-state index in [2.05, 4.69) is 20.9 Å². The Labute approximate surface area is 257 Å². The number of piperidine rings is 1. The number of carbonyl (C=O) groups excluding carboxylic acids is 3. The van der Waals surface area contributed by atoms with Crippen LogP contribution in [0, 0.1) is 19.3 Å². The molecule has 0 aromatic carbocycles. The van der Waals surface area contributed by atoms with Gasteiger partial charge in [0.2, 0.25) is 11.8 Å². The number of rotatable bonds is 7. The van der Waals surface area contributed by atoms with Gasteiger partial charge < -0.3 is 19.5 Å². The Morgan fingerprint density at radius 3 is 2.49 bits per heavy atom. The summed E-state index contributed by atoms with van der Waals surface area (Å²) in [5.74, 6) is -1.21. The molecule has 3 N–H and O–H groups in total. The maximum absolute atomic E-state index is 13.9. The number of anilines is 1.